The molecule has 0 spiro atoms. The van der Waals surface area contributed by atoms with Gasteiger partial charge in [0.1, 0.15) is 11.4 Å². The first-order valence-electron chi connectivity index (χ1n) is 7.08. The molecule has 2 N–H and O–H groups in total. The predicted molar refractivity (Wildman–Crippen MR) is 83.6 cm³/mol. The largest absolute Gasteiger partial charge is 0.394 e. The summed E-state index contributed by atoms with van der Waals surface area (Å²) in [6.07, 6.45) is 3.86. The predicted octanol–water partition coefficient (Wildman–Crippen LogP) is 1.79. The van der Waals surface area contributed by atoms with Crippen molar-refractivity contribution < 1.29 is 0 Å². The van der Waals surface area contributed by atoms with Crippen LogP contribution in [0, 0.1) is 5.92 Å². The Bertz CT molecular complexity index is 885. The summed E-state index contributed by atoms with van der Waals surface area (Å²) in [6, 6.07) is 6.09. The third kappa shape index (κ3) is 2.14. The highest BCUT2D eigenvalue weighted by Crippen LogP contribution is 2.20. The summed E-state index contributed by atoms with van der Waals surface area (Å²) in [6.45, 7) is 4.39. The first-order chi connectivity index (χ1) is 10.0. The minimum Gasteiger partial charge on any atom is -0.394 e. The van der Waals surface area contributed by atoms with E-state index in [4.69, 9.17) is 5.73 Å². The zero-order valence-corrected chi connectivity index (χ0v) is 12.1. The molecule has 0 saturated carbocycles. The fourth-order valence-corrected chi connectivity index (χ4v) is 2.47. The van der Waals surface area contributed by atoms with E-state index in [1.54, 1.807) is 6.20 Å². The Morgan fingerprint density at radius 1 is 1.29 bits per heavy atom. The number of anilines is 1. The molecule has 0 aliphatic heterocycles. The van der Waals surface area contributed by atoms with E-state index < -0.39 is 10.9 Å². The van der Waals surface area contributed by atoms with Gasteiger partial charge >= 0.3 is 0 Å². The van der Waals surface area contributed by atoms with E-state index >= 15 is 0 Å². The molecule has 2 aromatic carbocycles. The smallest absolute Gasteiger partial charge is 0.255 e. The van der Waals surface area contributed by atoms with E-state index in [0.29, 0.717) is 5.92 Å². The highest BCUT2D eigenvalue weighted by atomic mass is 16.2. The highest BCUT2D eigenvalue weighted by Gasteiger charge is 2.20. The molecule has 108 valence electrons. The van der Waals surface area contributed by atoms with Gasteiger partial charge in [0, 0.05) is 11.6 Å². The van der Waals surface area contributed by atoms with Crippen molar-refractivity contribution in [2.45, 2.75) is 26.7 Å². The van der Waals surface area contributed by atoms with Gasteiger partial charge in [0.05, 0.1) is 5.52 Å². The van der Waals surface area contributed by atoms with Crippen LogP contribution >= 0.6 is 0 Å². The SMILES string of the molecule is CCC(C)Cc1ccc2cn(-c3c(N)c(=O)c3=O)nc2c1. The van der Waals surface area contributed by atoms with Crippen molar-refractivity contribution in [1.29, 1.82) is 0 Å². The van der Waals surface area contributed by atoms with Crippen LogP contribution in [0.3, 0.4) is 0 Å². The van der Waals surface area contributed by atoms with Crippen molar-refractivity contribution in [2.75, 3.05) is 5.73 Å². The third-order valence-electron chi connectivity index (χ3n) is 4.00. The number of nitrogens with zero attached hydrogens (tertiary/aromatic N) is 2. The van der Waals surface area contributed by atoms with Crippen LogP contribution in [0.2, 0.25) is 0 Å². The minimum atomic E-state index is -0.623. The first kappa shape index (κ1) is 13.5. The second-order valence-corrected chi connectivity index (χ2v) is 5.60. The van der Waals surface area contributed by atoms with Crippen LogP contribution in [0.5, 0.6) is 0 Å². The second kappa shape index (κ2) is 4.84. The van der Waals surface area contributed by atoms with Crippen LogP contribution in [0.25, 0.3) is 16.6 Å². The van der Waals surface area contributed by atoms with Crippen LogP contribution in [0.1, 0.15) is 25.8 Å². The lowest BCUT2D eigenvalue weighted by Gasteiger charge is -2.07. The van der Waals surface area contributed by atoms with E-state index in [1.807, 2.05) is 12.1 Å². The van der Waals surface area contributed by atoms with Crippen LogP contribution < -0.4 is 16.6 Å². The van der Waals surface area contributed by atoms with Crippen LogP contribution in [-0.4, -0.2) is 9.78 Å². The summed E-state index contributed by atoms with van der Waals surface area (Å²) in [5.74, 6) is 0.619. The van der Waals surface area contributed by atoms with E-state index in [-0.39, 0.29) is 11.4 Å². The number of hydrogen-bond acceptors (Lipinski definition) is 4. The van der Waals surface area contributed by atoms with E-state index in [9.17, 15) is 9.59 Å². The maximum Gasteiger partial charge on any atom is 0.255 e. The average Bonchev–Trinajstić information content (AvgIpc) is 2.89. The number of rotatable bonds is 4. The van der Waals surface area contributed by atoms with Crippen molar-refractivity contribution >= 4 is 16.6 Å². The van der Waals surface area contributed by atoms with Gasteiger partial charge in [-0.3, -0.25) is 9.59 Å². The Morgan fingerprint density at radius 2 is 2.05 bits per heavy atom. The van der Waals surface area contributed by atoms with Gasteiger partial charge in [-0.15, -0.1) is 0 Å². The highest BCUT2D eigenvalue weighted by molar-refractivity contribution is 5.80. The van der Waals surface area contributed by atoms with Crippen LogP contribution in [0.15, 0.2) is 34.0 Å². The zero-order valence-electron chi connectivity index (χ0n) is 12.1. The lowest BCUT2D eigenvalue weighted by atomic mass is 9.98. The third-order valence-corrected chi connectivity index (χ3v) is 4.00. The molecule has 3 rings (SSSR count). The average molecular weight is 283 g/mol. The molecule has 1 atom stereocenters. The van der Waals surface area contributed by atoms with Gasteiger partial charge in [0.15, 0.2) is 0 Å². The zero-order chi connectivity index (χ0) is 15.1. The molecule has 3 aromatic rings. The quantitative estimate of drug-likeness (QED) is 0.740. The summed E-state index contributed by atoms with van der Waals surface area (Å²) >= 11 is 0. The molecule has 0 aliphatic rings. The normalized spacial score (nSPS) is 13.0. The van der Waals surface area contributed by atoms with Crippen LogP contribution in [-0.2, 0) is 6.42 Å². The topological polar surface area (TPSA) is 78.0 Å². The molecule has 1 unspecified atom stereocenters. The Kier molecular flexibility index (Phi) is 3.12. The van der Waals surface area contributed by atoms with E-state index in [2.05, 4.69) is 25.0 Å². The number of nitrogen functional groups attached to an aromatic ring is 1. The molecule has 0 bridgehead atoms. The molecule has 1 heterocycles. The first-order valence-corrected chi connectivity index (χ1v) is 7.08. The van der Waals surface area contributed by atoms with Gasteiger partial charge in [0.25, 0.3) is 10.9 Å². The fraction of sp³-hybridized carbons (Fsp3) is 0.312. The number of hydrogen-bond donors (Lipinski definition) is 1. The summed E-state index contributed by atoms with van der Waals surface area (Å²) in [5, 5.41) is 5.30. The lowest BCUT2D eigenvalue weighted by molar-refractivity contribution is 0.560. The van der Waals surface area contributed by atoms with Gasteiger partial charge in [-0.25, -0.2) is 4.68 Å². The maximum atomic E-state index is 11.6. The van der Waals surface area contributed by atoms with E-state index in [1.165, 1.54) is 10.2 Å². The number of benzene rings is 1. The standard InChI is InChI=1S/C16H17N3O2/c1-3-9(2)6-10-4-5-11-8-19(18-12(11)7-10)14-13(17)15(20)16(14)21/h4-5,7-9H,3,6,17H2,1-2H3. The minimum absolute atomic E-state index is 0.00682. The summed E-state index contributed by atoms with van der Waals surface area (Å²) < 4.78 is 1.41. The molecule has 0 radical (unpaired) electrons. The molecule has 1 aromatic heterocycles. The van der Waals surface area contributed by atoms with Gasteiger partial charge in [-0.05, 0) is 24.0 Å². The van der Waals surface area contributed by atoms with Crippen molar-refractivity contribution in [3.05, 3.63) is 50.4 Å². The van der Waals surface area contributed by atoms with Crippen molar-refractivity contribution in [3.63, 3.8) is 0 Å². The molecule has 0 aliphatic carbocycles. The van der Waals surface area contributed by atoms with Gasteiger partial charge in [-0.1, -0.05) is 32.4 Å². The molecule has 0 saturated heterocycles. The Balaban J connectivity index is 2.01. The lowest BCUT2D eigenvalue weighted by Crippen LogP contribution is -2.38. The Morgan fingerprint density at radius 3 is 2.71 bits per heavy atom. The number of nitrogens with two attached hydrogens (primary N) is 1. The van der Waals surface area contributed by atoms with Crippen LogP contribution in [0.4, 0.5) is 5.69 Å². The Hall–Kier alpha value is -2.43. The second-order valence-electron chi connectivity index (χ2n) is 5.60. The monoisotopic (exact) mass is 283 g/mol. The molecule has 0 amide bonds. The molecule has 5 nitrogen and oxygen atoms in total. The van der Waals surface area contributed by atoms with E-state index in [0.717, 1.165) is 23.7 Å². The van der Waals surface area contributed by atoms with Gasteiger partial charge in [-0.2, -0.15) is 5.10 Å². The van der Waals surface area contributed by atoms with Gasteiger partial charge in [0.2, 0.25) is 0 Å². The summed E-state index contributed by atoms with van der Waals surface area (Å²) in [4.78, 5) is 22.7. The molecule has 0 fully saturated rings. The molecule has 5 heteroatoms. The fourth-order valence-electron chi connectivity index (χ4n) is 2.47. The Labute approximate surface area is 121 Å². The van der Waals surface area contributed by atoms with Crippen molar-refractivity contribution in [1.82, 2.24) is 9.78 Å². The number of fused-ring (bicyclic) bond motifs is 1. The molecular formula is C16H17N3O2. The molecular weight excluding hydrogens is 266 g/mol. The van der Waals surface area contributed by atoms with Crippen molar-refractivity contribution in [2.24, 2.45) is 5.92 Å². The summed E-state index contributed by atoms with van der Waals surface area (Å²) in [7, 11) is 0. The van der Waals surface area contributed by atoms with Gasteiger partial charge < -0.3 is 5.73 Å². The maximum absolute atomic E-state index is 11.6. The molecule has 21 heavy (non-hydrogen) atoms. The van der Waals surface area contributed by atoms with Crippen molar-refractivity contribution in [3.8, 4) is 5.69 Å². The number of aromatic nitrogens is 2. The summed E-state index contributed by atoms with van der Waals surface area (Å²) in [5.41, 5.74) is 6.58.